The third-order valence-corrected chi connectivity index (χ3v) is 2.96. The Balaban J connectivity index is 2.10. The summed E-state index contributed by atoms with van der Waals surface area (Å²) in [5, 5.41) is 3.13. The molecule has 20 heavy (non-hydrogen) atoms. The van der Waals surface area contributed by atoms with E-state index in [4.69, 9.17) is 4.74 Å². The first kappa shape index (κ1) is 14.4. The number of unbranched alkanes of at least 4 members (excludes halogenated alkanes) is 1. The molecule has 0 saturated heterocycles. The molecule has 1 N–H and O–H groups in total. The lowest BCUT2D eigenvalue weighted by atomic mass is 10.3. The second kappa shape index (κ2) is 6.93. The van der Waals surface area contributed by atoms with Gasteiger partial charge < -0.3 is 14.6 Å². The van der Waals surface area contributed by atoms with Gasteiger partial charge >= 0.3 is 0 Å². The van der Waals surface area contributed by atoms with E-state index in [0.29, 0.717) is 12.3 Å². The topological polar surface area (TPSA) is 39.1 Å². The molecule has 2 aromatic rings. The first-order valence-corrected chi connectivity index (χ1v) is 6.95. The van der Waals surface area contributed by atoms with Crippen LogP contribution in [0.2, 0.25) is 0 Å². The molecule has 0 bridgehead atoms. The van der Waals surface area contributed by atoms with Crippen LogP contribution in [0, 0.1) is 5.82 Å². The Morgan fingerprint density at radius 2 is 2.20 bits per heavy atom. The Bertz CT molecular complexity index is 554. The number of aryl methyl sites for hydroxylation is 1. The lowest BCUT2D eigenvalue weighted by molar-refractivity contribution is 0.321. The number of nitrogens with one attached hydrogen (secondary N) is 1. The van der Waals surface area contributed by atoms with Crippen molar-refractivity contribution in [3.63, 3.8) is 0 Å². The van der Waals surface area contributed by atoms with Gasteiger partial charge in [-0.15, -0.1) is 0 Å². The first-order chi connectivity index (χ1) is 9.74. The SMILES string of the molecule is CCCCn1ccnc1Nc1ccc(OCC)c(F)c1. The number of hydrogen-bond acceptors (Lipinski definition) is 3. The Hall–Kier alpha value is -2.04. The first-order valence-electron chi connectivity index (χ1n) is 6.95. The van der Waals surface area contributed by atoms with Crippen LogP contribution in [0.1, 0.15) is 26.7 Å². The van der Waals surface area contributed by atoms with Crippen LogP contribution in [-0.4, -0.2) is 16.2 Å². The second-order valence-electron chi connectivity index (χ2n) is 4.50. The molecule has 5 heteroatoms. The van der Waals surface area contributed by atoms with Gasteiger partial charge in [0, 0.05) is 30.7 Å². The Morgan fingerprint density at radius 3 is 2.90 bits per heavy atom. The van der Waals surface area contributed by atoms with Crippen LogP contribution in [0.15, 0.2) is 30.6 Å². The zero-order chi connectivity index (χ0) is 14.4. The molecule has 0 fully saturated rings. The van der Waals surface area contributed by atoms with E-state index in [0.717, 1.165) is 25.3 Å². The Morgan fingerprint density at radius 1 is 1.35 bits per heavy atom. The van der Waals surface area contributed by atoms with Crippen molar-refractivity contribution < 1.29 is 9.13 Å². The lowest BCUT2D eigenvalue weighted by Crippen LogP contribution is -2.04. The van der Waals surface area contributed by atoms with Gasteiger partial charge in [-0.25, -0.2) is 9.37 Å². The molecule has 0 unspecified atom stereocenters. The van der Waals surface area contributed by atoms with E-state index in [-0.39, 0.29) is 11.6 Å². The molecular weight excluding hydrogens is 257 g/mol. The number of aromatic nitrogens is 2. The van der Waals surface area contributed by atoms with Crippen LogP contribution in [-0.2, 0) is 6.54 Å². The fourth-order valence-corrected chi connectivity index (χ4v) is 1.92. The van der Waals surface area contributed by atoms with Crippen LogP contribution in [0.5, 0.6) is 5.75 Å². The zero-order valence-electron chi connectivity index (χ0n) is 11.9. The molecule has 1 aromatic carbocycles. The van der Waals surface area contributed by atoms with E-state index >= 15 is 0 Å². The highest BCUT2D eigenvalue weighted by molar-refractivity contribution is 5.55. The summed E-state index contributed by atoms with van der Waals surface area (Å²) in [5.41, 5.74) is 0.662. The van der Waals surface area contributed by atoms with Crippen LogP contribution >= 0.6 is 0 Å². The molecular formula is C15H20FN3O. The highest BCUT2D eigenvalue weighted by Gasteiger charge is 2.07. The summed E-state index contributed by atoms with van der Waals surface area (Å²) >= 11 is 0. The molecule has 108 valence electrons. The van der Waals surface area contributed by atoms with Crippen molar-refractivity contribution in [2.45, 2.75) is 33.2 Å². The summed E-state index contributed by atoms with van der Waals surface area (Å²) in [6.45, 7) is 5.32. The maximum Gasteiger partial charge on any atom is 0.207 e. The predicted molar refractivity (Wildman–Crippen MR) is 78.0 cm³/mol. The number of imidazole rings is 1. The maximum absolute atomic E-state index is 13.8. The van der Waals surface area contributed by atoms with Crippen LogP contribution in [0.25, 0.3) is 0 Å². The summed E-state index contributed by atoms with van der Waals surface area (Å²) in [5.74, 6) is 0.623. The predicted octanol–water partition coefficient (Wildman–Crippen LogP) is 3.96. The van der Waals surface area contributed by atoms with Gasteiger partial charge in [0.25, 0.3) is 0 Å². The lowest BCUT2D eigenvalue weighted by Gasteiger charge is -2.11. The molecule has 4 nitrogen and oxygen atoms in total. The van der Waals surface area contributed by atoms with Crippen LogP contribution in [0.3, 0.4) is 0 Å². The molecule has 1 aromatic heterocycles. The second-order valence-corrected chi connectivity index (χ2v) is 4.50. The number of halogens is 1. The normalized spacial score (nSPS) is 10.6. The number of ether oxygens (including phenoxy) is 1. The quantitative estimate of drug-likeness (QED) is 0.832. The van der Waals surface area contributed by atoms with E-state index in [9.17, 15) is 4.39 Å². The standard InChI is InChI=1S/C15H20FN3O/c1-3-5-9-19-10-8-17-15(19)18-12-6-7-14(20-4-2)13(16)11-12/h6-8,10-11H,3-5,9H2,1-2H3,(H,17,18). The number of benzene rings is 1. The van der Waals surface area contributed by atoms with E-state index < -0.39 is 0 Å². The average molecular weight is 277 g/mol. The van der Waals surface area contributed by atoms with Crippen LogP contribution < -0.4 is 10.1 Å². The third kappa shape index (κ3) is 3.50. The summed E-state index contributed by atoms with van der Waals surface area (Å²) in [4.78, 5) is 4.25. The average Bonchev–Trinajstić information content (AvgIpc) is 2.87. The molecule has 0 atom stereocenters. The molecule has 0 amide bonds. The minimum absolute atomic E-state index is 0.271. The third-order valence-electron chi connectivity index (χ3n) is 2.96. The maximum atomic E-state index is 13.8. The van der Waals surface area contributed by atoms with Crippen molar-refractivity contribution in [1.82, 2.24) is 9.55 Å². The van der Waals surface area contributed by atoms with Gasteiger partial charge in [0.15, 0.2) is 11.6 Å². The van der Waals surface area contributed by atoms with Crippen molar-refractivity contribution >= 4 is 11.6 Å². The highest BCUT2D eigenvalue weighted by atomic mass is 19.1. The van der Waals surface area contributed by atoms with E-state index in [2.05, 4.69) is 17.2 Å². The summed E-state index contributed by atoms with van der Waals surface area (Å²) in [7, 11) is 0. The van der Waals surface area contributed by atoms with Gasteiger partial charge in [-0.05, 0) is 25.5 Å². The molecule has 1 heterocycles. The van der Waals surface area contributed by atoms with Gasteiger partial charge in [0.05, 0.1) is 6.61 Å². The van der Waals surface area contributed by atoms with Crippen molar-refractivity contribution in [2.75, 3.05) is 11.9 Å². The molecule has 0 spiro atoms. The number of anilines is 2. The van der Waals surface area contributed by atoms with E-state index in [1.54, 1.807) is 18.3 Å². The van der Waals surface area contributed by atoms with E-state index in [1.165, 1.54) is 6.07 Å². The summed E-state index contributed by atoms with van der Waals surface area (Å²) in [6.07, 6.45) is 5.86. The van der Waals surface area contributed by atoms with Crippen molar-refractivity contribution in [3.05, 3.63) is 36.4 Å². The molecule has 0 saturated carbocycles. The summed E-state index contributed by atoms with van der Waals surface area (Å²) in [6, 6.07) is 4.83. The molecule has 0 aliphatic rings. The van der Waals surface area contributed by atoms with Crippen molar-refractivity contribution in [1.29, 1.82) is 0 Å². The fraction of sp³-hybridized carbons (Fsp3) is 0.400. The van der Waals surface area contributed by atoms with Gasteiger partial charge in [-0.1, -0.05) is 13.3 Å². The van der Waals surface area contributed by atoms with Crippen LogP contribution in [0.4, 0.5) is 16.0 Å². The number of nitrogens with zero attached hydrogens (tertiary/aromatic N) is 2. The van der Waals surface area contributed by atoms with E-state index in [1.807, 2.05) is 17.7 Å². The van der Waals surface area contributed by atoms with Crippen molar-refractivity contribution in [3.8, 4) is 5.75 Å². The highest BCUT2D eigenvalue weighted by Crippen LogP contribution is 2.23. The fourth-order valence-electron chi connectivity index (χ4n) is 1.92. The molecule has 0 aliphatic carbocycles. The van der Waals surface area contributed by atoms with Gasteiger partial charge in [-0.3, -0.25) is 0 Å². The smallest absolute Gasteiger partial charge is 0.207 e. The summed E-state index contributed by atoms with van der Waals surface area (Å²) < 4.78 is 21.0. The minimum atomic E-state index is -0.372. The van der Waals surface area contributed by atoms with Crippen molar-refractivity contribution in [2.24, 2.45) is 0 Å². The zero-order valence-corrected chi connectivity index (χ0v) is 11.9. The Kier molecular flexibility index (Phi) is 4.98. The molecule has 2 rings (SSSR count). The largest absolute Gasteiger partial charge is 0.491 e. The number of rotatable bonds is 7. The van der Waals surface area contributed by atoms with Gasteiger partial charge in [0.2, 0.25) is 5.95 Å². The molecule has 0 radical (unpaired) electrons. The minimum Gasteiger partial charge on any atom is -0.491 e. The monoisotopic (exact) mass is 277 g/mol. The van der Waals surface area contributed by atoms with Gasteiger partial charge in [0.1, 0.15) is 0 Å². The number of hydrogen-bond donors (Lipinski definition) is 1. The van der Waals surface area contributed by atoms with Gasteiger partial charge in [-0.2, -0.15) is 0 Å². The molecule has 0 aliphatic heterocycles. The Labute approximate surface area is 118 Å².